The summed E-state index contributed by atoms with van der Waals surface area (Å²) in [6.07, 6.45) is 8.24. The highest BCUT2D eigenvalue weighted by atomic mass is 127. The summed E-state index contributed by atoms with van der Waals surface area (Å²) in [6, 6.07) is 4.45. The van der Waals surface area contributed by atoms with Crippen LogP contribution in [0, 0.1) is 0 Å². The van der Waals surface area contributed by atoms with E-state index >= 15 is 0 Å². The highest BCUT2D eigenvalue weighted by Gasteiger charge is 2.14. The molecule has 2 N–H and O–H groups in total. The fraction of sp³-hybridized carbons (Fsp3) is 0.625. The Bertz CT molecular complexity index is 461. The summed E-state index contributed by atoms with van der Waals surface area (Å²) in [7, 11) is 1.63. The van der Waals surface area contributed by atoms with E-state index in [1.54, 1.807) is 13.3 Å². The van der Waals surface area contributed by atoms with E-state index in [0.717, 1.165) is 18.1 Å². The summed E-state index contributed by atoms with van der Waals surface area (Å²) < 4.78 is 5.14. The van der Waals surface area contributed by atoms with E-state index in [0.29, 0.717) is 18.5 Å². The number of halogens is 1. The molecule has 1 heterocycles. The Kier molecular flexibility index (Phi) is 9.19. The molecular formula is C16H27IN4O. The number of methoxy groups -OCH3 is 1. The zero-order valence-corrected chi connectivity index (χ0v) is 15.8. The van der Waals surface area contributed by atoms with Gasteiger partial charge in [0, 0.05) is 24.8 Å². The van der Waals surface area contributed by atoms with Gasteiger partial charge in [0.1, 0.15) is 0 Å². The van der Waals surface area contributed by atoms with Crippen LogP contribution in [0.3, 0.4) is 0 Å². The predicted molar refractivity (Wildman–Crippen MR) is 101 cm³/mol. The van der Waals surface area contributed by atoms with Gasteiger partial charge in [-0.2, -0.15) is 0 Å². The van der Waals surface area contributed by atoms with Gasteiger partial charge in [-0.1, -0.05) is 19.3 Å². The molecule has 6 heteroatoms. The number of pyridine rings is 1. The first-order valence-electron chi connectivity index (χ1n) is 7.85. The molecular weight excluding hydrogens is 391 g/mol. The minimum absolute atomic E-state index is 0. The molecule has 22 heavy (non-hydrogen) atoms. The van der Waals surface area contributed by atoms with Gasteiger partial charge in [0.05, 0.1) is 13.7 Å². The molecule has 1 aromatic rings. The molecule has 1 aromatic heterocycles. The van der Waals surface area contributed by atoms with E-state index in [4.69, 9.17) is 4.74 Å². The van der Waals surface area contributed by atoms with Crippen molar-refractivity contribution in [2.45, 2.75) is 51.6 Å². The molecule has 0 saturated heterocycles. The Morgan fingerprint density at radius 2 is 2.14 bits per heavy atom. The van der Waals surface area contributed by atoms with Crippen LogP contribution in [0.2, 0.25) is 0 Å². The molecule has 1 saturated carbocycles. The van der Waals surface area contributed by atoms with E-state index < -0.39 is 0 Å². The Hall–Kier alpha value is -1.05. The average Bonchev–Trinajstić information content (AvgIpc) is 2.54. The number of ether oxygens (including phenoxy) is 1. The monoisotopic (exact) mass is 418 g/mol. The number of nitrogens with one attached hydrogen (secondary N) is 2. The first-order valence-corrected chi connectivity index (χ1v) is 7.85. The van der Waals surface area contributed by atoms with Crippen LogP contribution < -0.4 is 15.4 Å². The highest BCUT2D eigenvalue weighted by Crippen LogP contribution is 2.17. The molecule has 0 atom stereocenters. The molecule has 0 aromatic carbocycles. The van der Waals surface area contributed by atoms with Gasteiger partial charge in [0.15, 0.2) is 5.96 Å². The maximum atomic E-state index is 5.14. The van der Waals surface area contributed by atoms with Gasteiger partial charge < -0.3 is 15.4 Å². The summed E-state index contributed by atoms with van der Waals surface area (Å²) in [5.41, 5.74) is 1.10. The maximum Gasteiger partial charge on any atom is 0.213 e. The lowest BCUT2D eigenvalue weighted by molar-refractivity contribution is 0.397. The molecule has 1 fully saturated rings. The van der Waals surface area contributed by atoms with Gasteiger partial charge >= 0.3 is 0 Å². The maximum absolute atomic E-state index is 5.14. The van der Waals surface area contributed by atoms with Crippen molar-refractivity contribution in [1.29, 1.82) is 0 Å². The van der Waals surface area contributed by atoms with E-state index in [-0.39, 0.29) is 24.0 Å². The lowest BCUT2D eigenvalue weighted by atomic mass is 9.96. The van der Waals surface area contributed by atoms with E-state index in [1.807, 2.05) is 12.1 Å². The fourth-order valence-electron chi connectivity index (χ4n) is 2.59. The Balaban J connectivity index is 0.00000242. The zero-order valence-electron chi connectivity index (χ0n) is 13.5. The molecule has 0 aliphatic heterocycles. The van der Waals surface area contributed by atoms with Crippen molar-refractivity contribution in [2.75, 3.05) is 13.7 Å². The lowest BCUT2D eigenvalue weighted by Crippen LogP contribution is -2.44. The second-order valence-corrected chi connectivity index (χ2v) is 5.38. The molecule has 0 spiro atoms. The van der Waals surface area contributed by atoms with Crippen molar-refractivity contribution >= 4 is 29.9 Å². The Labute approximate surface area is 150 Å². The second kappa shape index (κ2) is 10.6. The first kappa shape index (κ1) is 19.0. The lowest BCUT2D eigenvalue weighted by Gasteiger charge is -2.24. The molecule has 1 aliphatic carbocycles. The van der Waals surface area contributed by atoms with Gasteiger partial charge in [0.2, 0.25) is 5.88 Å². The van der Waals surface area contributed by atoms with Crippen molar-refractivity contribution in [3.63, 3.8) is 0 Å². The quantitative estimate of drug-likeness (QED) is 0.439. The predicted octanol–water partition coefficient (Wildman–Crippen LogP) is 3.10. The molecule has 2 rings (SSSR count). The van der Waals surface area contributed by atoms with E-state index in [9.17, 15) is 0 Å². The average molecular weight is 418 g/mol. The largest absolute Gasteiger partial charge is 0.481 e. The van der Waals surface area contributed by atoms with Crippen LogP contribution in [0.4, 0.5) is 0 Å². The fourth-order valence-corrected chi connectivity index (χ4v) is 2.59. The third-order valence-corrected chi connectivity index (χ3v) is 3.72. The van der Waals surface area contributed by atoms with Gasteiger partial charge in [-0.15, -0.1) is 24.0 Å². The Morgan fingerprint density at radius 1 is 1.36 bits per heavy atom. The number of rotatable bonds is 5. The van der Waals surface area contributed by atoms with Crippen LogP contribution in [0.1, 0.15) is 44.6 Å². The van der Waals surface area contributed by atoms with Crippen LogP contribution in [-0.2, 0) is 6.54 Å². The standard InChI is InChI=1S/C16H26N4O.HI/c1-3-17-16(20-14-7-5-4-6-8-14)19-12-13-9-10-18-15(11-13)21-2;/h9-11,14H,3-8,12H2,1-2H3,(H2,17,19,20);1H. The molecule has 1 aliphatic rings. The van der Waals surface area contributed by atoms with Crippen molar-refractivity contribution in [3.05, 3.63) is 23.9 Å². The highest BCUT2D eigenvalue weighted by molar-refractivity contribution is 14.0. The normalized spacial score (nSPS) is 15.8. The van der Waals surface area contributed by atoms with Gasteiger partial charge in [-0.25, -0.2) is 9.98 Å². The zero-order chi connectivity index (χ0) is 14.9. The van der Waals surface area contributed by atoms with Crippen molar-refractivity contribution in [2.24, 2.45) is 4.99 Å². The number of aliphatic imine (C=N–C) groups is 1. The third kappa shape index (κ3) is 6.37. The number of nitrogens with zero attached hydrogens (tertiary/aromatic N) is 2. The minimum atomic E-state index is 0. The number of guanidine groups is 1. The number of hydrogen-bond donors (Lipinski definition) is 2. The smallest absolute Gasteiger partial charge is 0.213 e. The summed E-state index contributed by atoms with van der Waals surface area (Å²) in [4.78, 5) is 8.78. The molecule has 5 nitrogen and oxygen atoms in total. The van der Waals surface area contributed by atoms with Crippen LogP contribution in [0.15, 0.2) is 23.3 Å². The molecule has 0 amide bonds. The number of aromatic nitrogens is 1. The Morgan fingerprint density at radius 3 is 2.82 bits per heavy atom. The van der Waals surface area contributed by atoms with Gasteiger partial charge in [-0.05, 0) is 31.4 Å². The third-order valence-electron chi connectivity index (χ3n) is 3.72. The van der Waals surface area contributed by atoms with Crippen LogP contribution >= 0.6 is 24.0 Å². The van der Waals surface area contributed by atoms with Crippen molar-refractivity contribution < 1.29 is 4.74 Å². The molecule has 0 bridgehead atoms. The second-order valence-electron chi connectivity index (χ2n) is 5.38. The first-order chi connectivity index (χ1) is 10.3. The minimum Gasteiger partial charge on any atom is -0.481 e. The van der Waals surface area contributed by atoms with Crippen LogP contribution in [0.5, 0.6) is 5.88 Å². The van der Waals surface area contributed by atoms with E-state index in [2.05, 4.69) is 27.5 Å². The molecule has 0 radical (unpaired) electrons. The van der Waals surface area contributed by atoms with Crippen molar-refractivity contribution in [1.82, 2.24) is 15.6 Å². The van der Waals surface area contributed by atoms with Crippen molar-refractivity contribution in [3.8, 4) is 5.88 Å². The van der Waals surface area contributed by atoms with E-state index in [1.165, 1.54) is 32.1 Å². The summed E-state index contributed by atoms with van der Waals surface area (Å²) in [5.74, 6) is 1.54. The SMILES string of the molecule is CCNC(=NCc1ccnc(OC)c1)NC1CCCCC1.I. The van der Waals surface area contributed by atoms with Gasteiger partial charge in [0.25, 0.3) is 0 Å². The molecule has 124 valence electrons. The van der Waals surface area contributed by atoms with Crippen LogP contribution in [0.25, 0.3) is 0 Å². The topological polar surface area (TPSA) is 58.5 Å². The summed E-state index contributed by atoms with van der Waals surface area (Å²) >= 11 is 0. The summed E-state index contributed by atoms with van der Waals surface area (Å²) in [6.45, 7) is 3.59. The molecule has 0 unspecified atom stereocenters. The number of hydrogen-bond acceptors (Lipinski definition) is 3. The van der Waals surface area contributed by atoms with Gasteiger partial charge in [-0.3, -0.25) is 0 Å². The van der Waals surface area contributed by atoms with Crippen LogP contribution in [-0.4, -0.2) is 30.6 Å². The summed E-state index contributed by atoms with van der Waals surface area (Å²) in [5, 5.41) is 6.87.